The number of hydrogen-bond acceptors (Lipinski definition) is 4. The molecular weight excluding hydrogens is 392 g/mol. The van der Waals surface area contributed by atoms with Crippen molar-refractivity contribution in [2.24, 2.45) is 4.99 Å². The van der Waals surface area contributed by atoms with Crippen molar-refractivity contribution in [3.05, 3.63) is 68.9 Å². The van der Waals surface area contributed by atoms with E-state index in [4.69, 9.17) is 9.98 Å². The molecule has 29 heavy (non-hydrogen) atoms. The molecule has 0 saturated carbocycles. The number of rotatable bonds is 5. The Labute approximate surface area is 181 Å². The summed E-state index contributed by atoms with van der Waals surface area (Å²) < 4.78 is 1.32. The zero-order valence-corrected chi connectivity index (χ0v) is 19.2. The van der Waals surface area contributed by atoms with Crippen molar-refractivity contribution in [1.82, 2.24) is 4.98 Å². The molecule has 4 aromatic rings. The van der Waals surface area contributed by atoms with Crippen molar-refractivity contribution < 1.29 is 0 Å². The van der Waals surface area contributed by atoms with Gasteiger partial charge < -0.3 is 0 Å². The molecule has 0 radical (unpaired) electrons. The Morgan fingerprint density at radius 3 is 2.31 bits per heavy atom. The summed E-state index contributed by atoms with van der Waals surface area (Å²) in [5, 5.41) is 4.39. The quantitative estimate of drug-likeness (QED) is 0.299. The van der Waals surface area contributed by atoms with Crippen LogP contribution < -0.4 is 0 Å². The van der Waals surface area contributed by atoms with E-state index >= 15 is 0 Å². The monoisotopic (exact) mass is 418 g/mol. The van der Waals surface area contributed by atoms with Gasteiger partial charge >= 0.3 is 0 Å². The van der Waals surface area contributed by atoms with Crippen molar-refractivity contribution in [1.29, 1.82) is 0 Å². The first-order valence-electron chi connectivity index (χ1n) is 10.1. The summed E-state index contributed by atoms with van der Waals surface area (Å²) >= 11 is 3.49. The summed E-state index contributed by atoms with van der Waals surface area (Å²) in [5.74, 6) is 0.875. The Bertz CT molecular complexity index is 1150. The van der Waals surface area contributed by atoms with E-state index in [0.717, 1.165) is 16.4 Å². The predicted molar refractivity (Wildman–Crippen MR) is 130 cm³/mol. The van der Waals surface area contributed by atoms with Gasteiger partial charge in [-0.05, 0) is 36.0 Å². The predicted octanol–water partition coefficient (Wildman–Crippen LogP) is 8.33. The van der Waals surface area contributed by atoms with Gasteiger partial charge in [-0.25, -0.2) is 4.98 Å². The molecule has 2 nitrogen and oxygen atoms in total. The summed E-state index contributed by atoms with van der Waals surface area (Å²) in [4.78, 5) is 11.1. The maximum Gasteiger partial charge on any atom is 0.135 e. The zero-order chi connectivity index (χ0) is 20.5. The van der Waals surface area contributed by atoms with Crippen LogP contribution in [0.15, 0.2) is 52.8 Å². The van der Waals surface area contributed by atoms with Crippen molar-refractivity contribution in [3.63, 3.8) is 0 Å². The highest BCUT2D eigenvalue weighted by Crippen LogP contribution is 2.39. The third-order valence-corrected chi connectivity index (χ3v) is 7.06. The molecule has 0 spiro atoms. The number of aliphatic imine (C=N–C) groups is 1. The lowest BCUT2D eigenvalue weighted by Gasteiger charge is -2.16. The van der Waals surface area contributed by atoms with Crippen LogP contribution >= 0.6 is 22.7 Å². The standard InChI is InChI=1S/C25H26N2S2/c1-15(2)18-10-8-11-19(16(3)4)25(18)26-13-23-27-21(14-28-23)24-17(5)29-22-12-7-6-9-20(22)24/h6-16H,1-5H3. The lowest BCUT2D eigenvalue weighted by molar-refractivity contribution is 0.835. The van der Waals surface area contributed by atoms with Gasteiger partial charge in [-0.3, -0.25) is 4.99 Å². The first-order chi connectivity index (χ1) is 14.0. The van der Waals surface area contributed by atoms with Crippen molar-refractivity contribution >= 4 is 44.7 Å². The molecule has 0 aliphatic heterocycles. The van der Waals surface area contributed by atoms with Crippen LogP contribution in [-0.4, -0.2) is 11.2 Å². The number of hydrogen-bond donors (Lipinski definition) is 0. The smallest absolute Gasteiger partial charge is 0.135 e. The Morgan fingerprint density at radius 1 is 0.931 bits per heavy atom. The molecule has 0 aliphatic rings. The molecule has 0 saturated heterocycles. The largest absolute Gasteiger partial charge is 0.253 e. The first-order valence-corrected chi connectivity index (χ1v) is 11.8. The van der Waals surface area contributed by atoms with E-state index in [-0.39, 0.29) is 0 Å². The molecule has 0 atom stereocenters. The van der Waals surface area contributed by atoms with Crippen LogP contribution in [0.1, 0.15) is 60.5 Å². The van der Waals surface area contributed by atoms with Crippen molar-refractivity contribution in [2.75, 3.05) is 0 Å². The van der Waals surface area contributed by atoms with Gasteiger partial charge in [0.2, 0.25) is 0 Å². The SMILES string of the molecule is Cc1sc2ccccc2c1-c1csc(C=Nc2c(C(C)C)cccc2C(C)C)n1. The first kappa shape index (κ1) is 20.0. The van der Waals surface area contributed by atoms with Crippen LogP contribution in [0.25, 0.3) is 21.3 Å². The molecule has 0 unspecified atom stereocenters. The summed E-state index contributed by atoms with van der Waals surface area (Å²) in [6, 6.07) is 15.1. The van der Waals surface area contributed by atoms with Crippen molar-refractivity contribution in [3.8, 4) is 11.3 Å². The van der Waals surface area contributed by atoms with Crippen LogP contribution in [0.3, 0.4) is 0 Å². The van der Waals surface area contributed by atoms with Crippen LogP contribution in [-0.2, 0) is 0 Å². The highest BCUT2D eigenvalue weighted by Gasteiger charge is 2.15. The lowest BCUT2D eigenvalue weighted by atomic mass is 9.93. The lowest BCUT2D eigenvalue weighted by Crippen LogP contribution is -1.95. The van der Waals surface area contributed by atoms with E-state index < -0.39 is 0 Å². The highest BCUT2D eigenvalue weighted by atomic mass is 32.1. The summed E-state index contributed by atoms with van der Waals surface area (Å²) in [6.07, 6.45) is 1.94. The Morgan fingerprint density at radius 2 is 1.62 bits per heavy atom. The van der Waals surface area contributed by atoms with Gasteiger partial charge in [0.1, 0.15) is 5.01 Å². The second-order valence-electron chi connectivity index (χ2n) is 7.95. The van der Waals surface area contributed by atoms with Crippen LogP contribution in [0.2, 0.25) is 0 Å². The Balaban J connectivity index is 1.72. The number of benzene rings is 2. The summed E-state index contributed by atoms with van der Waals surface area (Å²) in [7, 11) is 0. The average molecular weight is 419 g/mol. The van der Waals surface area contributed by atoms with Gasteiger partial charge in [-0.15, -0.1) is 22.7 Å². The molecule has 0 amide bonds. The minimum atomic E-state index is 0.438. The third-order valence-electron chi connectivity index (χ3n) is 5.20. The minimum absolute atomic E-state index is 0.438. The fraction of sp³-hybridized carbons (Fsp3) is 0.280. The number of thiazole rings is 1. The van der Waals surface area contributed by atoms with E-state index in [9.17, 15) is 0 Å². The number of nitrogens with zero attached hydrogens (tertiary/aromatic N) is 2. The average Bonchev–Trinajstić information content (AvgIpc) is 3.28. The molecule has 4 rings (SSSR count). The van der Waals surface area contributed by atoms with Gasteiger partial charge in [0.25, 0.3) is 0 Å². The van der Waals surface area contributed by atoms with Gasteiger partial charge in [0.05, 0.1) is 17.6 Å². The molecular formula is C25H26N2S2. The fourth-order valence-corrected chi connectivity index (χ4v) is 5.47. The number of fused-ring (bicyclic) bond motifs is 1. The molecule has 0 aliphatic carbocycles. The molecule has 4 heteroatoms. The molecule has 2 aromatic heterocycles. The molecule has 148 valence electrons. The zero-order valence-electron chi connectivity index (χ0n) is 17.6. The van der Waals surface area contributed by atoms with Gasteiger partial charge in [-0.2, -0.15) is 0 Å². The minimum Gasteiger partial charge on any atom is -0.253 e. The van der Waals surface area contributed by atoms with Crippen LogP contribution in [0.5, 0.6) is 0 Å². The Hall–Kier alpha value is -2.30. The number of para-hydroxylation sites is 1. The van der Waals surface area contributed by atoms with Gasteiger partial charge in [0.15, 0.2) is 0 Å². The van der Waals surface area contributed by atoms with Crippen LogP contribution in [0.4, 0.5) is 5.69 Å². The fourth-order valence-electron chi connectivity index (χ4n) is 3.73. The third kappa shape index (κ3) is 3.92. The van der Waals surface area contributed by atoms with E-state index in [1.54, 1.807) is 11.3 Å². The molecule has 2 heterocycles. The Kier molecular flexibility index (Phi) is 5.66. The second-order valence-corrected chi connectivity index (χ2v) is 10.1. The normalized spacial score (nSPS) is 12.1. The topological polar surface area (TPSA) is 25.2 Å². The number of aryl methyl sites for hydroxylation is 1. The second kappa shape index (κ2) is 8.21. The summed E-state index contributed by atoms with van der Waals surface area (Å²) in [5.41, 5.74) is 6.00. The number of thiophene rings is 1. The molecule has 0 bridgehead atoms. The maximum atomic E-state index is 4.92. The van der Waals surface area contributed by atoms with E-state index in [0.29, 0.717) is 11.8 Å². The molecule has 0 fully saturated rings. The summed E-state index contributed by atoms with van der Waals surface area (Å²) in [6.45, 7) is 11.1. The van der Waals surface area contributed by atoms with Crippen LogP contribution in [0, 0.1) is 6.92 Å². The highest BCUT2D eigenvalue weighted by molar-refractivity contribution is 7.19. The molecule has 0 N–H and O–H groups in total. The maximum absolute atomic E-state index is 4.92. The van der Waals surface area contributed by atoms with Crippen molar-refractivity contribution in [2.45, 2.75) is 46.5 Å². The van der Waals surface area contributed by atoms with Gasteiger partial charge in [0, 0.05) is 25.9 Å². The number of aromatic nitrogens is 1. The van der Waals surface area contributed by atoms with E-state index in [1.165, 1.54) is 31.7 Å². The van der Waals surface area contributed by atoms with E-state index in [1.807, 2.05) is 17.6 Å². The molecule has 2 aromatic carbocycles. The van der Waals surface area contributed by atoms with E-state index in [2.05, 4.69) is 82.5 Å². The van der Waals surface area contributed by atoms with Gasteiger partial charge in [-0.1, -0.05) is 64.1 Å².